The number of fused-ring (bicyclic) bond motifs is 1. The number of halogens is 2. The first-order valence-electron chi connectivity index (χ1n) is 8.46. The van der Waals surface area contributed by atoms with Gasteiger partial charge in [0.25, 0.3) is 0 Å². The fourth-order valence-corrected chi connectivity index (χ4v) is 3.25. The van der Waals surface area contributed by atoms with Crippen LogP contribution >= 0.6 is 0 Å². The molecule has 1 aliphatic rings. The van der Waals surface area contributed by atoms with Crippen LogP contribution in [-0.4, -0.2) is 34.9 Å². The minimum absolute atomic E-state index is 0.0200. The van der Waals surface area contributed by atoms with Crippen molar-refractivity contribution in [2.75, 3.05) is 11.9 Å². The Bertz CT molecular complexity index is 866. The molecule has 1 amide bonds. The van der Waals surface area contributed by atoms with Gasteiger partial charge in [0.05, 0.1) is 12.3 Å². The maximum absolute atomic E-state index is 12.5. The van der Waals surface area contributed by atoms with E-state index in [1.54, 1.807) is 26.0 Å². The summed E-state index contributed by atoms with van der Waals surface area (Å²) in [5.74, 6) is -0.663. The summed E-state index contributed by atoms with van der Waals surface area (Å²) in [6.45, 7) is 0.650. The molecule has 1 aliphatic heterocycles. The van der Waals surface area contributed by atoms with Crippen LogP contribution in [0, 0.1) is 6.92 Å². The third kappa shape index (κ3) is 4.07. The van der Waals surface area contributed by atoms with Crippen molar-refractivity contribution in [1.29, 1.82) is 0 Å². The third-order valence-corrected chi connectivity index (χ3v) is 4.24. The van der Waals surface area contributed by atoms with E-state index in [1.807, 2.05) is 0 Å². The molecule has 7 nitrogen and oxygen atoms in total. The number of nitrogens with one attached hydrogen (secondary N) is 1. The lowest BCUT2D eigenvalue weighted by molar-refractivity contribution is -0.144. The Labute approximate surface area is 154 Å². The number of amides is 1. The van der Waals surface area contributed by atoms with Crippen molar-refractivity contribution in [1.82, 2.24) is 9.78 Å². The third-order valence-electron chi connectivity index (χ3n) is 4.24. The van der Waals surface area contributed by atoms with Gasteiger partial charge in [-0.15, -0.1) is 0 Å². The largest absolute Gasteiger partial charge is 0.465 e. The molecule has 0 unspecified atom stereocenters. The Kier molecular flexibility index (Phi) is 5.38. The predicted octanol–water partition coefficient (Wildman–Crippen LogP) is 2.83. The van der Waals surface area contributed by atoms with Gasteiger partial charge in [0.1, 0.15) is 18.1 Å². The molecule has 27 heavy (non-hydrogen) atoms. The highest BCUT2D eigenvalue weighted by atomic mass is 19.3. The lowest BCUT2D eigenvalue weighted by Gasteiger charge is -2.24. The summed E-state index contributed by atoms with van der Waals surface area (Å²) in [5, 5.41) is 7.09. The van der Waals surface area contributed by atoms with Crippen LogP contribution in [0.15, 0.2) is 24.3 Å². The van der Waals surface area contributed by atoms with Crippen LogP contribution in [0.3, 0.4) is 0 Å². The van der Waals surface area contributed by atoms with Crippen molar-refractivity contribution >= 4 is 17.7 Å². The molecule has 1 aromatic carbocycles. The maximum atomic E-state index is 12.5. The summed E-state index contributed by atoms with van der Waals surface area (Å²) >= 11 is 0. The number of esters is 1. The van der Waals surface area contributed by atoms with E-state index in [0.717, 1.165) is 5.56 Å². The molecule has 0 fully saturated rings. The number of carbonyl (C=O) groups is 2. The second kappa shape index (κ2) is 7.73. The van der Waals surface area contributed by atoms with E-state index in [0.29, 0.717) is 17.1 Å². The number of carbonyl (C=O) groups excluding carboxylic acids is 2. The van der Waals surface area contributed by atoms with Gasteiger partial charge < -0.3 is 14.8 Å². The van der Waals surface area contributed by atoms with Crippen LogP contribution in [0.5, 0.6) is 5.75 Å². The van der Waals surface area contributed by atoms with Gasteiger partial charge in [-0.2, -0.15) is 13.9 Å². The Morgan fingerprint density at radius 1 is 1.44 bits per heavy atom. The smallest absolute Gasteiger partial charge is 0.387 e. The average molecular weight is 379 g/mol. The molecule has 144 valence electrons. The molecule has 9 heteroatoms. The zero-order valence-corrected chi connectivity index (χ0v) is 14.9. The minimum atomic E-state index is -2.93. The molecular weight excluding hydrogens is 360 g/mol. The van der Waals surface area contributed by atoms with Crippen molar-refractivity contribution in [3.05, 3.63) is 41.1 Å². The Balaban J connectivity index is 1.98. The Morgan fingerprint density at radius 3 is 2.93 bits per heavy atom. The van der Waals surface area contributed by atoms with Gasteiger partial charge >= 0.3 is 12.6 Å². The molecule has 0 aliphatic carbocycles. The van der Waals surface area contributed by atoms with Gasteiger partial charge in [0.15, 0.2) is 0 Å². The van der Waals surface area contributed by atoms with Gasteiger partial charge in [-0.1, -0.05) is 12.1 Å². The highest BCUT2D eigenvalue weighted by Gasteiger charge is 2.33. The molecule has 1 aromatic heterocycles. The highest BCUT2D eigenvalue weighted by molar-refractivity contribution is 5.95. The summed E-state index contributed by atoms with van der Waals surface area (Å²) < 4.78 is 35.8. The van der Waals surface area contributed by atoms with Crippen molar-refractivity contribution in [2.45, 2.75) is 39.3 Å². The molecule has 3 rings (SSSR count). The van der Waals surface area contributed by atoms with E-state index >= 15 is 0 Å². The van der Waals surface area contributed by atoms with Gasteiger partial charge in [-0.3, -0.25) is 9.59 Å². The van der Waals surface area contributed by atoms with Crippen LogP contribution in [0.25, 0.3) is 0 Å². The van der Waals surface area contributed by atoms with Crippen molar-refractivity contribution in [3.63, 3.8) is 0 Å². The number of ether oxygens (including phenoxy) is 2. The Morgan fingerprint density at radius 2 is 2.22 bits per heavy atom. The molecule has 1 atom stereocenters. The number of aromatic nitrogens is 2. The van der Waals surface area contributed by atoms with Crippen LogP contribution in [0.4, 0.5) is 14.6 Å². The molecule has 0 radical (unpaired) electrons. The summed E-state index contributed by atoms with van der Waals surface area (Å²) in [5.41, 5.74) is 2.04. The first-order chi connectivity index (χ1) is 12.9. The van der Waals surface area contributed by atoms with Gasteiger partial charge in [0.2, 0.25) is 5.91 Å². The molecular formula is C18H19F2N3O4. The normalized spacial score (nSPS) is 16.0. The van der Waals surface area contributed by atoms with Gasteiger partial charge in [-0.25, -0.2) is 4.68 Å². The molecule has 0 spiro atoms. The number of alkyl halides is 2. The molecule has 0 bridgehead atoms. The highest BCUT2D eigenvalue weighted by Crippen LogP contribution is 2.40. The summed E-state index contributed by atoms with van der Waals surface area (Å²) in [4.78, 5) is 24.0. The van der Waals surface area contributed by atoms with Gasteiger partial charge in [0, 0.05) is 17.9 Å². The quantitative estimate of drug-likeness (QED) is 0.781. The predicted molar refractivity (Wildman–Crippen MR) is 91.8 cm³/mol. The van der Waals surface area contributed by atoms with Crippen molar-refractivity contribution in [3.8, 4) is 5.75 Å². The van der Waals surface area contributed by atoms with E-state index in [1.165, 1.54) is 16.8 Å². The average Bonchev–Trinajstić information content (AvgIpc) is 2.89. The van der Waals surface area contributed by atoms with E-state index in [2.05, 4.69) is 15.2 Å². The van der Waals surface area contributed by atoms with Crippen LogP contribution in [-0.2, 0) is 20.9 Å². The second-order valence-electron chi connectivity index (χ2n) is 6.07. The number of aryl methyl sites for hydroxylation is 1. The second-order valence-corrected chi connectivity index (χ2v) is 6.07. The van der Waals surface area contributed by atoms with E-state index in [-0.39, 0.29) is 37.1 Å². The van der Waals surface area contributed by atoms with E-state index < -0.39 is 12.6 Å². The number of hydrogen-bond donors (Lipinski definition) is 1. The van der Waals surface area contributed by atoms with Crippen LogP contribution < -0.4 is 10.1 Å². The van der Waals surface area contributed by atoms with Gasteiger partial charge in [-0.05, 0) is 31.5 Å². The van der Waals surface area contributed by atoms with Crippen molar-refractivity contribution in [2.24, 2.45) is 0 Å². The first kappa shape index (κ1) is 18.8. The number of hydrogen-bond acceptors (Lipinski definition) is 5. The topological polar surface area (TPSA) is 82.5 Å². The molecule has 1 N–H and O–H groups in total. The first-order valence-corrected chi connectivity index (χ1v) is 8.46. The maximum Gasteiger partial charge on any atom is 0.387 e. The van der Waals surface area contributed by atoms with Crippen LogP contribution in [0.2, 0.25) is 0 Å². The fraction of sp³-hybridized carbons (Fsp3) is 0.389. The fourth-order valence-electron chi connectivity index (χ4n) is 3.25. The van der Waals surface area contributed by atoms with E-state index in [9.17, 15) is 18.4 Å². The summed E-state index contributed by atoms with van der Waals surface area (Å²) in [7, 11) is 0. The minimum Gasteiger partial charge on any atom is -0.465 e. The van der Waals surface area contributed by atoms with Crippen molar-refractivity contribution < 1.29 is 27.8 Å². The summed E-state index contributed by atoms with van der Waals surface area (Å²) in [6.07, 6.45) is 0.136. The number of nitrogens with zero attached hydrogens (tertiary/aromatic N) is 2. The lowest BCUT2D eigenvalue weighted by Crippen LogP contribution is -2.26. The SMILES string of the molecule is CCOC(=O)Cn1nc(C)c2c1NC(=O)C[C@@H]2c1cccc(OC(F)F)c1. The molecule has 0 saturated carbocycles. The zero-order chi connectivity index (χ0) is 19.6. The zero-order valence-electron chi connectivity index (χ0n) is 14.9. The van der Waals surface area contributed by atoms with E-state index in [4.69, 9.17) is 4.74 Å². The number of rotatable bonds is 6. The van der Waals surface area contributed by atoms with Crippen LogP contribution in [0.1, 0.15) is 36.1 Å². The summed E-state index contributed by atoms with van der Waals surface area (Å²) in [6, 6.07) is 6.25. The molecule has 2 heterocycles. The lowest BCUT2D eigenvalue weighted by atomic mass is 9.86. The number of benzene rings is 1. The molecule has 0 saturated heterocycles. The molecule has 2 aromatic rings. The monoisotopic (exact) mass is 379 g/mol. The Hall–Kier alpha value is -2.97. The standard InChI is InChI=1S/C18H19F2N3O4/c1-3-26-15(25)9-23-17-16(10(2)22-23)13(8-14(24)21-17)11-5-4-6-12(7-11)27-18(19)20/h4-7,13,18H,3,8-9H2,1-2H3,(H,21,24)/t13-/m1/s1. The number of anilines is 1.